The second kappa shape index (κ2) is 5.87. The summed E-state index contributed by atoms with van der Waals surface area (Å²) in [4.78, 5) is 4.41. The second-order valence-corrected chi connectivity index (χ2v) is 5.36. The Morgan fingerprint density at radius 3 is 2.95 bits per heavy atom. The van der Waals surface area contributed by atoms with Gasteiger partial charge >= 0.3 is 0 Å². The number of pyridine rings is 1. The summed E-state index contributed by atoms with van der Waals surface area (Å²) < 4.78 is 5.92. The first kappa shape index (κ1) is 13.5. The third-order valence-corrected chi connectivity index (χ3v) is 3.94. The van der Waals surface area contributed by atoms with Crippen molar-refractivity contribution >= 4 is 10.9 Å². The zero-order chi connectivity index (χ0) is 13.9. The third-order valence-electron chi connectivity index (χ3n) is 3.94. The predicted octanol–water partition coefficient (Wildman–Crippen LogP) is 2.55. The van der Waals surface area contributed by atoms with Gasteiger partial charge in [-0.3, -0.25) is 16.3 Å². The zero-order valence-electron chi connectivity index (χ0n) is 11.8. The van der Waals surface area contributed by atoms with Gasteiger partial charge in [0.05, 0.1) is 17.7 Å². The highest BCUT2D eigenvalue weighted by molar-refractivity contribution is 5.79. The van der Waals surface area contributed by atoms with Crippen molar-refractivity contribution in [1.29, 1.82) is 0 Å². The molecule has 4 nitrogen and oxygen atoms in total. The first-order chi connectivity index (χ1) is 9.83. The first-order valence-corrected chi connectivity index (χ1v) is 7.26. The molecule has 2 unspecified atom stereocenters. The van der Waals surface area contributed by atoms with Crippen molar-refractivity contribution in [3.63, 3.8) is 0 Å². The molecule has 20 heavy (non-hydrogen) atoms. The van der Waals surface area contributed by atoms with Gasteiger partial charge in [-0.15, -0.1) is 0 Å². The lowest BCUT2D eigenvalue weighted by Crippen LogP contribution is -2.39. The van der Waals surface area contributed by atoms with Gasteiger partial charge in [-0.2, -0.15) is 0 Å². The summed E-state index contributed by atoms with van der Waals surface area (Å²) in [7, 11) is 0. The third kappa shape index (κ3) is 2.68. The molecule has 1 aromatic heterocycles. The van der Waals surface area contributed by atoms with Gasteiger partial charge in [0.1, 0.15) is 0 Å². The molecule has 0 radical (unpaired) electrons. The molecule has 2 atom stereocenters. The summed E-state index contributed by atoms with van der Waals surface area (Å²) in [5.74, 6) is 6.42. The van der Waals surface area contributed by atoms with Crippen LogP contribution in [0.4, 0.5) is 0 Å². The lowest BCUT2D eigenvalue weighted by molar-refractivity contribution is 0.0186. The molecule has 3 N–H and O–H groups in total. The molecule has 4 heteroatoms. The minimum atomic E-state index is 0.0221. The van der Waals surface area contributed by atoms with Gasteiger partial charge in [-0.25, -0.2) is 0 Å². The van der Waals surface area contributed by atoms with E-state index in [1.165, 1.54) is 12.8 Å². The van der Waals surface area contributed by atoms with Crippen LogP contribution in [0.2, 0.25) is 0 Å². The van der Waals surface area contributed by atoms with Gasteiger partial charge < -0.3 is 4.74 Å². The highest BCUT2D eigenvalue weighted by Gasteiger charge is 2.37. The lowest BCUT2D eigenvalue weighted by atomic mass is 9.97. The number of hydrogen-bond donors (Lipinski definition) is 2. The maximum atomic E-state index is 5.92. The average Bonchev–Trinajstić information content (AvgIpc) is 3.31. The van der Waals surface area contributed by atoms with Gasteiger partial charge in [0.2, 0.25) is 0 Å². The monoisotopic (exact) mass is 271 g/mol. The minimum absolute atomic E-state index is 0.0221. The summed E-state index contributed by atoms with van der Waals surface area (Å²) in [5.41, 5.74) is 5.08. The van der Waals surface area contributed by atoms with Gasteiger partial charge in [0.15, 0.2) is 0 Å². The molecule has 1 heterocycles. The number of ether oxygens (including phenoxy) is 1. The Bertz CT molecular complexity index is 583. The van der Waals surface area contributed by atoms with Crippen LogP contribution in [-0.2, 0) is 4.74 Å². The Hall–Kier alpha value is -1.49. The Morgan fingerprint density at radius 2 is 2.25 bits per heavy atom. The number of benzene rings is 1. The molecule has 2 aromatic rings. The van der Waals surface area contributed by atoms with Crippen molar-refractivity contribution in [3.05, 3.63) is 42.1 Å². The van der Waals surface area contributed by atoms with Gasteiger partial charge in [-0.05, 0) is 43.4 Å². The molecular weight excluding hydrogens is 250 g/mol. The van der Waals surface area contributed by atoms with Crippen LogP contribution in [0.1, 0.15) is 31.4 Å². The van der Waals surface area contributed by atoms with Crippen molar-refractivity contribution < 1.29 is 4.74 Å². The fourth-order valence-corrected chi connectivity index (χ4v) is 2.78. The number of nitrogens with two attached hydrogens (primary N) is 1. The van der Waals surface area contributed by atoms with Crippen molar-refractivity contribution in [1.82, 2.24) is 10.4 Å². The Morgan fingerprint density at radius 1 is 1.40 bits per heavy atom. The molecule has 1 aliphatic rings. The molecule has 1 fully saturated rings. The Labute approximate surface area is 119 Å². The Kier molecular flexibility index (Phi) is 3.96. The smallest absolute Gasteiger partial charge is 0.0810 e. The largest absolute Gasteiger partial charge is 0.376 e. The summed E-state index contributed by atoms with van der Waals surface area (Å²) in [6.07, 6.45) is 4.42. The summed E-state index contributed by atoms with van der Waals surface area (Å²) in [6, 6.07) is 10.4. The summed E-state index contributed by atoms with van der Waals surface area (Å²) >= 11 is 0. The molecule has 1 aliphatic carbocycles. The van der Waals surface area contributed by atoms with Gasteiger partial charge in [-0.1, -0.05) is 18.2 Å². The Balaban J connectivity index is 1.93. The fourth-order valence-electron chi connectivity index (χ4n) is 2.78. The molecule has 0 amide bonds. The van der Waals surface area contributed by atoms with Crippen molar-refractivity contribution in [2.24, 2.45) is 11.8 Å². The van der Waals surface area contributed by atoms with E-state index in [9.17, 15) is 0 Å². The SMILES string of the molecule is CCOC(C1CC1)C(NN)c1ccc2cccnc2c1. The number of nitrogens with one attached hydrogen (secondary N) is 1. The molecule has 0 aliphatic heterocycles. The number of rotatable bonds is 6. The topological polar surface area (TPSA) is 60.2 Å². The van der Waals surface area contributed by atoms with E-state index in [1.807, 2.05) is 19.2 Å². The van der Waals surface area contributed by atoms with Crippen LogP contribution in [0, 0.1) is 5.92 Å². The van der Waals surface area contributed by atoms with Gasteiger partial charge in [0, 0.05) is 18.2 Å². The van der Waals surface area contributed by atoms with Crippen LogP contribution in [0.25, 0.3) is 10.9 Å². The molecule has 1 saturated carbocycles. The highest BCUT2D eigenvalue weighted by Crippen LogP contribution is 2.40. The normalized spacial score (nSPS) is 18.1. The van der Waals surface area contributed by atoms with E-state index in [0.717, 1.165) is 16.5 Å². The fraction of sp³-hybridized carbons (Fsp3) is 0.438. The average molecular weight is 271 g/mol. The number of hydrazine groups is 1. The molecule has 106 valence electrons. The van der Waals surface area contributed by atoms with Crippen LogP contribution in [-0.4, -0.2) is 17.7 Å². The lowest BCUT2D eigenvalue weighted by Gasteiger charge is -2.27. The summed E-state index contributed by atoms with van der Waals surface area (Å²) in [5, 5.41) is 1.14. The van der Waals surface area contributed by atoms with Crippen LogP contribution in [0.15, 0.2) is 36.5 Å². The quantitative estimate of drug-likeness (QED) is 0.626. The molecular formula is C16H21N3O. The maximum absolute atomic E-state index is 5.92. The molecule has 1 aromatic carbocycles. The number of nitrogens with zero attached hydrogens (tertiary/aromatic N) is 1. The zero-order valence-corrected chi connectivity index (χ0v) is 11.8. The maximum Gasteiger partial charge on any atom is 0.0810 e. The van der Waals surface area contributed by atoms with E-state index in [0.29, 0.717) is 12.5 Å². The molecule has 0 saturated heterocycles. The molecule has 3 rings (SSSR count). The molecule has 0 spiro atoms. The number of hydrogen-bond acceptors (Lipinski definition) is 4. The van der Waals surface area contributed by atoms with E-state index in [1.54, 1.807) is 0 Å². The minimum Gasteiger partial charge on any atom is -0.376 e. The predicted molar refractivity (Wildman–Crippen MR) is 79.9 cm³/mol. The number of aromatic nitrogens is 1. The van der Waals surface area contributed by atoms with Crippen LogP contribution < -0.4 is 11.3 Å². The van der Waals surface area contributed by atoms with Crippen molar-refractivity contribution in [2.45, 2.75) is 31.9 Å². The second-order valence-electron chi connectivity index (χ2n) is 5.36. The highest BCUT2D eigenvalue weighted by atomic mass is 16.5. The van der Waals surface area contributed by atoms with Gasteiger partial charge in [0.25, 0.3) is 0 Å². The first-order valence-electron chi connectivity index (χ1n) is 7.26. The van der Waals surface area contributed by atoms with Crippen LogP contribution in [0.3, 0.4) is 0 Å². The van der Waals surface area contributed by atoms with E-state index in [4.69, 9.17) is 10.6 Å². The standard InChI is InChI=1S/C16H21N3O/c1-2-20-16(12-6-7-12)15(19-17)13-8-5-11-4-3-9-18-14(11)10-13/h3-5,8-10,12,15-16,19H,2,6-7,17H2,1H3. The van der Waals surface area contributed by atoms with Crippen LogP contribution >= 0.6 is 0 Å². The molecule has 0 bridgehead atoms. The van der Waals surface area contributed by atoms with E-state index in [2.05, 4.69) is 34.7 Å². The van der Waals surface area contributed by atoms with Crippen LogP contribution in [0.5, 0.6) is 0 Å². The van der Waals surface area contributed by atoms with Crippen molar-refractivity contribution in [3.8, 4) is 0 Å². The van der Waals surface area contributed by atoms with E-state index >= 15 is 0 Å². The van der Waals surface area contributed by atoms with Crippen molar-refractivity contribution in [2.75, 3.05) is 6.61 Å². The van der Waals surface area contributed by atoms with E-state index < -0.39 is 0 Å². The van der Waals surface area contributed by atoms with E-state index in [-0.39, 0.29) is 12.1 Å². The summed E-state index contributed by atoms with van der Waals surface area (Å²) in [6.45, 7) is 2.75. The number of fused-ring (bicyclic) bond motifs is 1.